The molecule has 2 aromatic rings. The third-order valence-electron chi connectivity index (χ3n) is 2.85. The summed E-state index contributed by atoms with van der Waals surface area (Å²) in [6.45, 7) is 5.40. The Balaban J connectivity index is 2.04. The molecule has 0 saturated carbocycles. The molecule has 96 valence electrons. The summed E-state index contributed by atoms with van der Waals surface area (Å²) in [4.78, 5) is 1.31. The first-order valence-corrected chi connectivity index (χ1v) is 8.07. The molecule has 18 heavy (non-hydrogen) atoms. The molecule has 0 saturated heterocycles. The molecule has 0 bridgehead atoms. The maximum Gasteiger partial charge on any atom is 0.0646 e. The molecule has 0 aliphatic heterocycles. The van der Waals surface area contributed by atoms with Gasteiger partial charge in [-0.3, -0.25) is 0 Å². The van der Waals surface area contributed by atoms with Gasteiger partial charge in [0.25, 0.3) is 0 Å². The quantitative estimate of drug-likeness (QED) is 0.801. The van der Waals surface area contributed by atoms with Crippen LogP contribution in [0.25, 0.3) is 0 Å². The van der Waals surface area contributed by atoms with E-state index in [1.54, 1.807) is 11.3 Å². The van der Waals surface area contributed by atoms with Crippen LogP contribution in [0, 0.1) is 0 Å². The van der Waals surface area contributed by atoms with Crippen molar-refractivity contribution >= 4 is 23.1 Å². The van der Waals surface area contributed by atoms with Crippen molar-refractivity contribution in [1.82, 2.24) is 5.32 Å². The Morgan fingerprint density at radius 3 is 2.50 bits per heavy atom. The molecule has 1 aromatic heterocycles. The second-order valence-corrected chi connectivity index (χ2v) is 6.44. The summed E-state index contributed by atoms with van der Waals surface area (Å²) in [5.41, 5.74) is 1.38. The number of hydrogen-bond acceptors (Lipinski definition) is 3. The minimum atomic E-state index is 0.482. The Morgan fingerprint density at radius 1 is 1.17 bits per heavy atom. The van der Waals surface area contributed by atoms with Crippen molar-refractivity contribution in [2.75, 3.05) is 6.54 Å². The fraction of sp³-hybridized carbons (Fsp3) is 0.333. The third kappa shape index (κ3) is 3.61. The zero-order valence-corrected chi connectivity index (χ0v) is 12.5. The Hall–Kier alpha value is -0.770. The van der Waals surface area contributed by atoms with E-state index in [9.17, 15) is 0 Å². The van der Waals surface area contributed by atoms with Crippen LogP contribution in [0.4, 0.5) is 0 Å². The number of benzene rings is 1. The van der Waals surface area contributed by atoms with Gasteiger partial charge in [-0.25, -0.2) is 0 Å². The van der Waals surface area contributed by atoms with Gasteiger partial charge in [0.15, 0.2) is 0 Å². The lowest BCUT2D eigenvalue weighted by Gasteiger charge is -2.16. The molecule has 0 aliphatic rings. The molecule has 1 aromatic carbocycles. The van der Waals surface area contributed by atoms with Crippen LogP contribution in [0.15, 0.2) is 50.9 Å². The highest BCUT2D eigenvalue weighted by molar-refractivity contribution is 8.01. The van der Waals surface area contributed by atoms with Crippen LogP contribution in [-0.4, -0.2) is 6.54 Å². The third-order valence-corrected chi connectivity index (χ3v) is 4.90. The van der Waals surface area contributed by atoms with Crippen LogP contribution in [0.2, 0.25) is 0 Å². The maximum atomic E-state index is 3.51. The van der Waals surface area contributed by atoms with Gasteiger partial charge in [0.05, 0.1) is 4.21 Å². The van der Waals surface area contributed by atoms with Crippen LogP contribution in [0.1, 0.15) is 31.9 Å². The summed E-state index contributed by atoms with van der Waals surface area (Å²) >= 11 is 3.63. The first kappa shape index (κ1) is 13.7. The molecule has 1 unspecified atom stereocenters. The van der Waals surface area contributed by atoms with Gasteiger partial charge < -0.3 is 5.32 Å². The largest absolute Gasteiger partial charge is 0.310 e. The summed E-state index contributed by atoms with van der Waals surface area (Å²) < 4.78 is 1.35. The van der Waals surface area contributed by atoms with Crippen molar-refractivity contribution in [3.8, 4) is 0 Å². The second kappa shape index (κ2) is 6.98. The molecular formula is C15H19NS2. The fourth-order valence-corrected chi connectivity index (χ4v) is 3.70. The number of thiophene rings is 1. The van der Waals surface area contributed by atoms with Gasteiger partial charge in [-0.2, -0.15) is 0 Å². The van der Waals surface area contributed by atoms with Gasteiger partial charge in [0.2, 0.25) is 0 Å². The topological polar surface area (TPSA) is 12.0 Å². The smallest absolute Gasteiger partial charge is 0.0646 e. The van der Waals surface area contributed by atoms with Crippen molar-refractivity contribution < 1.29 is 0 Å². The van der Waals surface area contributed by atoms with Crippen LogP contribution in [0.3, 0.4) is 0 Å². The van der Waals surface area contributed by atoms with E-state index < -0.39 is 0 Å². The van der Waals surface area contributed by atoms with Crippen molar-refractivity contribution in [2.45, 2.75) is 35.4 Å². The van der Waals surface area contributed by atoms with Crippen LogP contribution in [-0.2, 0) is 0 Å². The summed E-state index contributed by atoms with van der Waals surface area (Å²) in [6, 6.07) is 13.7. The Morgan fingerprint density at radius 2 is 1.94 bits per heavy atom. The molecule has 0 radical (unpaired) electrons. The van der Waals surface area contributed by atoms with Gasteiger partial charge in [-0.1, -0.05) is 43.8 Å². The van der Waals surface area contributed by atoms with Gasteiger partial charge in [0, 0.05) is 10.9 Å². The van der Waals surface area contributed by atoms with E-state index in [-0.39, 0.29) is 0 Å². The van der Waals surface area contributed by atoms with E-state index in [0.717, 1.165) is 13.0 Å². The molecule has 0 aliphatic carbocycles. The minimum absolute atomic E-state index is 0.482. The molecule has 0 spiro atoms. The Kier molecular flexibility index (Phi) is 5.29. The highest BCUT2D eigenvalue weighted by atomic mass is 32.2. The van der Waals surface area contributed by atoms with Crippen molar-refractivity contribution in [3.63, 3.8) is 0 Å². The number of rotatable bonds is 6. The Labute approximate surface area is 118 Å². The molecule has 1 N–H and O–H groups in total. The van der Waals surface area contributed by atoms with Crippen LogP contribution < -0.4 is 5.32 Å². The van der Waals surface area contributed by atoms with Crippen LogP contribution in [0.5, 0.6) is 0 Å². The SMILES string of the molecule is CCNC(CC)c1ccc(Sc2cccs2)cc1. The van der Waals surface area contributed by atoms with Crippen molar-refractivity contribution in [1.29, 1.82) is 0 Å². The predicted octanol–water partition coefficient (Wildman–Crippen LogP) is 4.96. The molecule has 0 fully saturated rings. The average molecular weight is 277 g/mol. The summed E-state index contributed by atoms with van der Waals surface area (Å²) in [7, 11) is 0. The molecule has 3 heteroatoms. The van der Waals surface area contributed by atoms with Crippen molar-refractivity contribution in [2.24, 2.45) is 0 Å². The van der Waals surface area contributed by atoms with E-state index in [4.69, 9.17) is 0 Å². The normalized spacial score (nSPS) is 12.6. The van der Waals surface area contributed by atoms with Gasteiger partial charge in [-0.05, 0) is 42.1 Å². The fourth-order valence-electron chi connectivity index (χ4n) is 1.95. The molecule has 1 atom stereocenters. The van der Waals surface area contributed by atoms with E-state index in [0.29, 0.717) is 6.04 Å². The highest BCUT2D eigenvalue weighted by Gasteiger charge is 2.07. The molecule has 0 amide bonds. The highest BCUT2D eigenvalue weighted by Crippen LogP contribution is 2.31. The summed E-state index contributed by atoms with van der Waals surface area (Å²) in [5.74, 6) is 0. The molecule has 2 rings (SSSR count). The lowest BCUT2D eigenvalue weighted by molar-refractivity contribution is 0.537. The van der Waals surface area contributed by atoms with E-state index in [1.807, 2.05) is 11.8 Å². The lowest BCUT2D eigenvalue weighted by atomic mass is 10.1. The second-order valence-electron chi connectivity index (χ2n) is 4.12. The Bertz CT molecular complexity index is 448. The van der Waals surface area contributed by atoms with E-state index in [1.165, 1.54) is 14.7 Å². The molecular weight excluding hydrogens is 258 g/mol. The summed E-state index contributed by atoms with van der Waals surface area (Å²) in [6.07, 6.45) is 1.13. The zero-order chi connectivity index (χ0) is 12.8. The number of hydrogen-bond donors (Lipinski definition) is 1. The zero-order valence-electron chi connectivity index (χ0n) is 10.8. The van der Waals surface area contributed by atoms with Crippen molar-refractivity contribution in [3.05, 3.63) is 47.3 Å². The van der Waals surface area contributed by atoms with Gasteiger partial charge in [0.1, 0.15) is 0 Å². The number of nitrogens with one attached hydrogen (secondary N) is 1. The predicted molar refractivity (Wildman–Crippen MR) is 81.6 cm³/mol. The molecule has 1 nitrogen and oxygen atoms in total. The average Bonchev–Trinajstić information content (AvgIpc) is 2.90. The first-order chi connectivity index (χ1) is 8.83. The monoisotopic (exact) mass is 277 g/mol. The van der Waals surface area contributed by atoms with Gasteiger partial charge in [-0.15, -0.1) is 11.3 Å². The first-order valence-electron chi connectivity index (χ1n) is 6.38. The van der Waals surface area contributed by atoms with E-state index >= 15 is 0 Å². The van der Waals surface area contributed by atoms with Gasteiger partial charge >= 0.3 is 0 Å². The summed E-state index contributed by atoms with van der Waals surface area (Å²) in [5, 5.41) is 5.63. The maximum absolute atomic E-state index is 3.51. The lowest BCUT2D eigenvalue weighted by Crippen LogP contribution is -2.19. The van der Waals surface area contributed by atoms with Crippen LogP contribution >= 0.6 is 23.1 Å². The minimum Gasteiger partial charge on any atom is -0.310 e. The standard InChI is InChI=1S/C15H19NS2/c1-3-14(16-4-2)12-7-9-13(10-8-12)18-15-6-5-11-17-15/h5-11,14,16H,3-4H2,1-2H3. The van der Waals surface area contributed by atoms with E-state index in [2.05, 4.69) is 60.9 Å². The molecule has 1 heterocycles.